The van der Waals surface area contributed by atoms with Crippen LogP contribution in [0.5, 0.6) is 0 Å². The average molecular weight is 779 g/mol. The van der Waals surface area contributed by atoms with E-state index >= 15 is 0 Å². The highest BCUT2D eigenvalue weighted by Crippen LogP contribution is 2.44. The first-order valence-corrected chi connectivity index (χ1v) is 20.8. The van der Waals surface area contributed by atoms with Crippen LogP contribution in [0.1, 0.15) is 0 Å². The van der Waals surface area contributed by atoms with Gasteiger partial charge in [-0.2, -0.15) is 0 Å². The van der Waals surface area contributed by atoms with Crippen molar-refractivity contribution in [2.45, 2.75) is 0 Å². The standard InChI is InChI=1S/C58H38N2O/c1-2-18-46-40(14-1)15-12-24-48(46)49-19-3-7-26-54(49)59(44-36-32-41(33-37-44)47-23-13-25-53-52-22-6-10-29-57(52)61-58(47)53)43-34-30-39(31-35-43)42-16-11-17-45(38-42)60-55-27-8-4-20-50(55)51-21-5-9-28-56(51)60/h1-38H. The summed E-state index contributed by atoms with van der Waals surface area (Å²) in [6.07, 6.45) is 0. The first-order chi connectivity index (χ1) is 30.3. The Balaban J connectivity index is 0.978. The molecule has 0 saturated heterocycles. The molecule has 2 heterocycles. The summed E-state index contributed by atoms with van der Waals surface area (Å²) >= 11 is 0. The van der Waals surface area contributed by atoms with Crippen molar-refractivity contribution in [3.8, 4) is 39.1 Å². The zero-order valence-corrected chi connectivity index (χ0v) is 33.2. The Morgan fingerprint density at radius 3 is 1.66 bits per heavy atom. The largest absolute Gasteiger partial charge is 0.455 e. The molecule has 3 nitrogen and oxygen atoms in total. The third-order valence-corrected chi connectivity index (χ3v) is 12.2. The smallest absolute Gasteiger partial charge is 0.143 e. The lowest BCUT2D eigenvalue weighted by atomic mass is 9.96. The van der Waals surface area contributed by atoms with Crippen LogP contribution in [0, 0.1) is 0 Å². The van der Waals surface area contributed by atoms with E-state index in [4.69, 9.17) is 4.42 Å². The molecular formula is C58H38N2O. The Morgan fingerprint density at radius 2 is 0.885 bits per heavy atom. The fraction of sp³-hybridized carbons (Fsp3) is 0. The maximum absolute atomic E-state index is 6.46. The second kappa shape index (κ2) is 14.3. The van der Waals surface area contributed by atoms with Crippen molar-refractivity contribution in [3.63, 3.8) is 0 Å². The predicted molar refractivity (Wildman–Crippen MR) is 257 cm³/mol. The van der Waals surface area contributed by atoms with Gasteiger partial charge in [0.25, 0.3) is 0 Å². The number of furan rings is 1. The molecule has 0 aliphatic rings. The van der Waals surface area contributed by atoms with Crippen molar-refractivity contribution in [3.05, 3.63) is 231 Å². The summed E-state index contributed by atoms with van der Waals surface area (Å²) in [7, 11) is 0. The van der Waals surface area contributed by atoms with Gasteiger partial charge in [-0.15, -0.1) is 0 Å². The van der Waals surface area contributed by atoms with Crippen molar-refractivity contribution in [1.82, 2.24) is 4.57 Å². The second-order valence-corrected chi connectivity index (χ2v) is 15.7. The molecule has 0 amide bonds. The highest BCUT2D eigenvalue weighted by atomic mass is 16.3. The number of anilines is 3. The third kappa shape index (κ3) is 5.82. The van der Waals surface area contributed by atoms with Crippen LogP contribution in [0.25, 0.3) is 93.6 Å². The number of nitrogens with zero attached hydrogens (tertiary/aromatic N) is 2. The number of benzene rings is 10. The number of hydrogen-bond donors (Lipinski definition) is 0. The second-order valence-electron chi connectivity index (χ2n) is 15.7. The lowest BCUT2D eigenvalue weighted by molar-refractivity contribution is 0.670. The molecule has 0 bridgehead atoms. The Kier molecular flexibility index (Phi) is 8.17. The van der Waals surface area contributed by atoms with Crippen LogP contribution in [0.2, 0.25) is 0 Å². The van der Waals surface area contributed by atoms with Crippen molar-refractivity contribution in [1.29, 1.82) is 0 Å². The van der Waals surface area contributed by atoms with Gasteiger partial charge in [-0.25, -0.2) is 0 Å². The van der Waals surface area contributed by atoms with E-state index in [1.54, 1.807) is 0 Å². The molecule has 12 rings (SSSR count). The van der Waals surface area contributed by atoms with E-state index in [1.165, 1.54) is 43.7 Å². The van der Waals surface area contributed by atoms with Gasteiger partial charge in [-0.05, 0) is 93.7 Å². The van der Waals surface area contributed by atoms with E-state index < -0.39 is 0 Å². The molecule has 0 spiro atoms. The van der Waals surface area contributed by atoms with Crippen LogP contribution in [0.15, 0.2) is 235 Å². The SMILES string of the molecule is c1cc(-c2ccc(N(c3ccc(-c4cccc5c4oc4ccccc45)cc3)c3ccccc3-c3cccc4ccccc34)cc2)cc(-n2c3ccccc3c3ccccc32)c1. The fourth-order valence-electron chi connectivity index (χ4n) is 9.38. The number of rotatable bonds is 7. The minimum absolute atomic E-state index is 0.902. The van der Waals surface area contributed by atoms with Crippen molar-refractivity contribution >= 4 is 71.6 Å². The van der Waals surface area contributed by atoms with Crippen LogP contribution >= 0.6 is 0 Å². The molecule has 0 unspecified atom stereocenters. The van der Waals surface area contributed by atoms with Gasteiger partial charge in [0.05, 0.1) is 16.7 Å². The van der Waals surface area contributed by atoms with Gasteiger partial charge in [0, 0.05) is 49.7 Å². The molecule has 10 aromatic carbocycles. The summed E-state index contributed by atoms with van der Waals surface area (Å²) in [6.45, 7) is 0. The molecule has 0 atom stereocenters. The predicted octanol–water partition coefficient (Wildman–Crippen LogP) is 16.3. The van der Waals surface area contributed by atoms with Crippen LogP contribution < -0.4 is 4.90 Å². The molecule has 12 aromatic rings. The molecule has 61 heavy (non-hydrogen) atoms. The lowest BCUT2D eigenvalue weighted by Gasteiger charge is -2.28. The number of aromatic nitrogens is 1. The molecule has 0 radical (unpaired) electrons. The molecule has 0 N–H and O–H groups in total. The third-order valence-electron chi connectivity index (χ3n) is 12.2. The molecule has 2 aromatic heterocycles. The monoisotopic (exact) mass is 778 g/mol. The summed E-state index contributed by atoms with van der Waals surface area (Å²) < 4.78 is 8.84. The van der Waals surface area contributed by atoms with Crippen molar-refractivity contribution < 1.29 is 4.42 Å². The Morgan fingerprint density at radius 1 is 0.344 bits per heavy atom. The Labute approximate surface area is 353 Å². The van der Waals surface area contributed by atoms with Gasteiger partial charge in [0.15, 0.2) is 0 Å². The van der Waals surface area contributed by atoms with E-state index in [0.29, 0.717) is 0 Å². The quantitative estimate of drug-likeness (QED) is 0.161. The van der Waals surface area contributed by atoms with Crippen LogP contribution in [0.4, 0.5) is 17.1 Å². The highest BCUT2D eigenvalue weighted by Gasteiger charge is 2.20. The van der Waals surface area contributed by atoms with Gasteiger partial charge in [0.2, 0.25) is 0 Å². The first-order valence-electron chi connectivity index (χ1n) is 20.8. The number of fused-ring (bicyclic) bond motifs is 7. The van der Waals surface area contributed by atoms with E-state index in [2.05, 4.69) is 228 Å². The summed E-state index contributed by atoms with van der Waals surface area (Å²) in [5.41, 5.74) is 15.5. The Hall–Kier alpha value is -8.14. The molecule has 0 saturated carbocycles. The van der Waals surface area contributed by atoms with Crippen LogP contribution in [0.3, 0.4) is 0 Å². The van der Waals surface area contributed by atoms with E-state index in [-0.39, 0.29) is 0 Å². The molecule has 0 fully saturated rings. The zero-order chi connectivity index (χ0) is 40.3. The number of para-hydroxylation sites is 5. The van der Waals surface area contributed by atoms with Gasteiger partial charge < -0.3 is 13.9 Å². The van der Waals surface area contributed by atoms with Crippen molar-refractivity contribution in [2.24, 2.45) is 0 Å². The van der Waals surface area contributed by atoms with Crippen LogP contribution in [-0.2, 0) is 0 Å². The highest BCUT2D eigenvalue weighted by molar-refractivity contribution is 6.10. The summed E-state index contributed by atoms with van der Waals surface area (Å²) in [5.74, 6) is 0. The molecular weight excluding hydrogens is 741 g/mol. The zero-order valence-electron chi connectivity index (χ0n) is 33.2. The molecule has 3 heteroatoms. The van der Waals surface area contributed by atoms with E-state index in [1.807, 2.05) is 12.1 Å². The van der Waals surface area contributed by atoms with Gasteiger partial charge in [-0.3, -0.25) is 0 Å². The Bertz CT molecular complexity index is 3530. The van der Waals surface area contributed by atoms with Gasteiger partial charge in [-0.1, -0.05) is 170 Å². The average Bonchev–Trinajstić information content (AvgIpc) is 3.88. The minimum atomic E-state index is 0.902. The molecule has 0 aliphatic carbocycles. The minimum Gasteiger partial charge on any atom is -0.455 e. The summed E-state index contributed by atoms with van der Waals surface area (Å²) in [5, 5.41) is 7.23. The van der Waals surface area contributed by atoms with E-state index in [0.717, 1.165) is 66.9 Å². The normalized spacial score (nSPS) is 11.6. The topological polar surface area (TPSA) is 21.3 Å². The summed E-state index contributed by atoms with van der Waals surface area (Å²) in [4.78, 5) is 2.39. The fourth-order valence-corrected chi connectivity index (χ4v) is 9.38. The molecule has 286 valence electrons. The van der Waals surface area contributed by atoms with E-state index in [9.17, 15) is 0 Å². The number of hydrogen-bond acceptors (Lipinski definition) is 2. The maximum Gasteiger partial charge on any atom is 0.143 e. The van der Waals surface area contributed by atoms with Crippen LogP contribution in [-0.4, -0.2) is 4.57 Å². The van der Waals surface area contributed by atoms with Gasteiger partial charge >= 0.3 is 0 Å². The first kappa shape index (κ1) is 34.9. The lowest BCUT2D eigenvalue weighted by Crippen LogP contribution is -2.11. The van der Waals surface area contributed by atoms with Gasteiger partial charge in [0.1, 0.15) is 11.2 Å². The summed E-state index contributed by atoms with van der Waals surface area (Å²) in [6, 6.07) is 82.9. The molecule has 0 aliphatic heterocycles. The maximum atomic E-state index is 6.46. The van der Waals surface area contributed by atoms with Crippen molar-refractivity contribution in [2.75, 3.05) is 4.90 Å².